The van der Waals surface area contributed by atoms with Crippen molar-refractivity contribution >= 4 is 17.5 Å². The molecule has 5 nitrogen and oxygen atoms in total. The highest BCUT2D eigenvalue weighted by atomic mass is 19.2. The molecule has 0 saturated carbocycles. The predicted octanol–water partition coefficient (Wildman–Crippen LogP) is 2.31. The first-order chi connectivity index (χ1) is 10.9. The molecule has 120 valence electrons. The highest BCUT2D eigenvalue weighted by molar-refractivity contribution is 6.39. The number of benzene rings is 1. The monoisotopic (exact) mass is 323 g/mol. The normalized spacial score (nSPS) is 11.7. The summed E-state index contributed by atoms with van der Waals surface area (Å²) in [5.74, 6) is -6.20. The van der Waals surface area contributed by atoms with Crippen molar-refractivity contribution in [3.05, 3.63) is 59.7 Å². The number of hydrogen-bond donors (Lipinski definition) is 2. The fraction of sp³-hybridized carbons (Fsp3) is 0.133. The minimum absolute atomic E-state index is 0.277. The Morgan fingerprint density at radius 2 is 1.74 bits per heavy atom. The van der Waals surface area contributed by atoms with Gasteiger partial charge in [-0.25, -0.2) is 13.2 Å². The van der Waals surface area contributed by atoms with Crippen LogP contribution in [0.15, 0.2) is 36.5 Å². The fourth-order valence-electron chi connectivity index (χ4n) is 1.77. The van der Waals surface area contributed by atoms with E-state index in [2.05, 4.69) is 10.3 Å². The van der Waals surface area contributed by atoms with Crippen molar-refractivity contribution in [3.8, 4) is 0 Å². The summed E-state index contributed by atoms with van der Waals surface area (Å²) in [6.07, 6.45) is 1.52. The minimum atomic E-state index is -1.39. The van der Waals surface area contributed by atoms with Crippen molar-refractivity contribution < 1.29 is 22.8 Å². The fourth-order valence-corrected chi connectivity index (χ4v) is 1.77. The molecule has 0 bridgehead atoms. The molecule has 0 unspecified atom stereocenters. The van der Waals surface area contributed by atoms with E-state index in [9.17, 15) is 22.8 Å². The second-order valence-electron chi connectivity index (χ2n) is 4.65. The Hall–Kier alpha value is -2.90. The van der Waals surface area contributed by atoms with E-state index in [-0.39, 0.29) is 6.07 Å². The van der Waals surface area contributed by atoms with Crippen LogP contribution in [0.3, 0.4) is 0 Å². The number of carbonyl (C=O) groups is 2. The number of rotatable bonds is 3. The van der Waals surface area contributed by atoms with Crippen LogP contribution in [-0.2, 0) is 9.59 Å². The smallest absolute Gasteiger partial charge is 0.313 e. The van der Waals surface area contributed by atoms with E-state index < -0.39 is 41.0 Å². The van der Waals surface area contributed by atoms with Crippen LogP contribution in [0.2, 0.25) is 0 Å². The molecule has 1 atom stereocenters. The number of hydrogen-bond acceptors (Lipinski definition) is 3. The molecule has 8 heteroatoms. The van der Waals surface area contributed by atoms with E-state index in [0.717, 1.165) is 0 Å². The van der Waals surface area contributed by atoms with E-state index in [1.807, 2.05) is 5.32 Å². The van der Waals surface area contributed by atoms with Crippen LogP contribution in [0.25, 0.3) is 0 Å². The summed E-state index contributed by atoms with van der Waals surface area (Å²) in [6, 6.07) is 5.22. The molecule has 2 rings (SSSR count). The molecule has 23 heavy (non-hydrogen) atoms. The zero-order valence-electron chi connectivity index (χ0n) is 11.9. The Morgan fingerprint density at radius 3 is 2.39 bits per heavy atom. The maximum absolute atomic E-state index is 13.4. The molecule has 0 aliphatic heterocycles. The highest BCUT2D eigenvalue weighted by Crippen LogP contribution is 2.18. The number of pyridine rings is 1. The number of nitrogens with zero attached hydrogens (tertiary/aromatic N) is 1. The first-order valence-electron chi connectivity index (χ1n) is 6.56. The SMILES string of the molecule is C[C@H](NC(=O)C(=O)Nc1cc(F)c(F)cc1F)c1ccccn1. The molecule has 2 N–H and O–H groups in total. The molecule has 1 aromatic heterocycles. The molecule has 2 aromatic rings. The van der Waals surface area contributed by atoms with Gasteiger partial charge in [0, 0.05) is 18.3 Å². The molecule has 0 fully saturated rings. The van der Waals surface area contributed by atoms with E-state index in [0.29, 0.717) is 11.8 Å². The maximum Gasteiger partial charge on any atom is 0.313 e. The van der Waals surface area contributed by atoms with E-state index in [4.69, 9.17) is 0 Å². The van der Waals surface area contributed by atoms with E-state index >= 15 is 0 Å². The Labute approximate surface area is 129 Å². The maximum atomic E-state index is 13.4. The zero-order chi connectivity index (χ0) is 17.0. The molecule has 0 radical (unpaired) electrons. The average Bonchev–Trinajstić information content (AvgIpc) is 2.53. The molecule has 0 aliphatic rings. The first-order valence-corrected chi connectivity index (χ1v) is 6.56. The average molecular weight is 323 g/mol. The standard InChI is InChI=1S/C15H12F3N3O2/c1-8(12-4-2-3-5-19-12)20-14(22)15(23)21-13-7-10(17)9(16)6-11(13)18/h2-8H,1H3,(H,20,22)(H,21,23)/t8-/m0/s1. The third kappa shape index (κ3) is 4.06. The van der Waals surface area contributed by atoms with Crippen LogP contribution < -0.4 is 10.6 Å². The predicted molar refractivity (Wildman–Crippen MR) is 75.7 cm³/mol. The van der Waals surface area contributed by atoms with Gasteiger partial charge in [-0.2, -0.15) is 0 Å². The van der Waals surface area contributed by atoms with Crippen molar-refractivity contribution in [2.45, 2.75) is 13.0 Å². The molecule has 0 aliphatic carbocycles. The lowest BCUT2D eigenvalue weighted by Gasteiger charge is -2.13. The van der Waals surface area contributed by atoms with Gasteiger partial charge in [-0.1, -0.05) is 6.07 Å². The van der Waals surface area contributed by atoms with Crippen LogP contribution in [0.5, 0.6) is 0 Å². The van der Waals surface area contributed by atoms with Gasteiger partial charge in [0.15, 0.2) is 11.6 Å². The van der Waals surface area contributed by atoms with Gasteiger partial charge in [0.2, 0.25) is 0 Å². The summed E-state index contributed by atoms with van der Waals surface area (Å²) in [4.78, 5) is 27.5. The van der Waals surface area contributed by atoms with Crippen molar-refractivity contribution in [1.29, 1.82) is 0 Å². The summed E-state index contributed by atoms with van der Waals surface area (Å²) in [5, 5.41) is 4.24. The second-order valence-corrected chi connectivity index (χ2v) is 4.65. The zero-order valence-corrected chi connectivity index (χ0v) is 11.9. The number of halogens is 3. The van der Waals surface area contributed by atoms with Crippen LogP contribution in [0, 0.1) is 17.5 Å². The van der Waals surface area contributed by atoms with Crippen LogP contribution >= 0.6 is 0 Å². The summed E-state index contributed by atoms with van der Waals surface area (Å²) < 4.78 is 39.3. The van der Waals surface area contributed by atoms with Crippen LogP contribution in [-0.4, -0.2) is 16.8 Å². The molecule has 0 spiro atoms. The summed E-state index contributed by atoms with van der Waals surface area (Å²) in [5.41, 5.74) is -0.109. The number of nitrogens with one attached hydrogen (secondary N) is 2. The van der Waals surface area contributed by atoms with Gasteiger partial charge in [-0.3, -0.25) is 14.6 Å². The first kappa shape index (κ1) is 16.5. The van der Waals surface area contributed by atoms with Gasteiger partial charge in [-0.15, -0.1) is 0 Å². The topological polar surface area (TPSA) is 71.1 Å². The van der Waals surface area contributed by atoms with Gasteiger partial charge in [0.25, 0.3) is 0 Å². The molecule has 2 amide bonds. The third-order valence-electron chi connectivity index (χ3n) is 2.94. The Kier molecular flexibility index (Phi) is 4.95. The Bertz CT molecular complexity index is 738. The molecular formula is C15H12F3N3O2. The van der Waals surface area contributed by atoms with Gasteiger partial charge in [-0.05, 0) is 19.1 Å². The molecular weight excluding hydrogens is 311 g/mol. The van der Waals surface area contributed by atoms with E-state index in [1.54, 1.807) is 25.1 Å². The molecule has 0 saturated heterocycles. The minimum Gasteiger partial charge on any atom is -0.340 e. The summed E-state index contributed by atoms with van der Waals surface area (Å²) >= 11 is 0. The quantitative estimate of drug-likeness (QED) is 0.673. The lowest BCUT2D eigenvalue weighted by Crippen LogP contribution is -2.37. The van der Waals surface area contributed by atoms with Crippen LogP contribution in [0.4, 0.5) is 18.9 Å². The van der Waals surface area contributed by atoms with Gasteiger partial charge >= 0.3 is 11.8 Å². The van der Waals surface area contributed by atoms with Gasteiger partial charge in [0.05, 0.1) is 17.4 Å². The lowest BCUT2D eigenvalue weighted by molar-refractivity contribution is -0.136. The van der Waals surface area contributed by atoms with Crippen molar-refractivity contribution in [2.24, 2.45) is 0 Å². The van der Waals surface area contributed by atoms with Gasteiger partial charge < -0.3 is 10.6 Å². The van der Waals surface area contributed by atoms with E-state index in [1.165, 1.54) is 6.20 Å². The summed E-state index contributed by atoms with van der Waals surface area (Å²) in [7, 11) is 0. The Balaban J connectivity index is 2.03. The highest BCUT2D eigenvalue weighted by Gasteiger charge is 2.20. The summed E-state index contributed by atoms with van der Waals surface area (Å²) in [6.45, 7) is 1.60. The molecule has 1 heterocycles. The number of amides is 2. The van der Waals surface area contributed by atoms with Crippen molar-refractivity contribution in [3.63, 3.8) is 0 Å². The van der Waals surface area contributed by atoms with Crippen molar-refractivity contribution in [2.75, 3.05) is 5.32 Å². The number of carbonyl (C=O) groups excluding carboxylic acids is 2. The number of aromatic nitrogens is 1. The number of anilines is 1. The van der Waals surface area contributed by atoms with Gasteiger partial charge in [0.1, 0.15) is 5.82 Å². The third-order valence-corrected chi connectivity index (χ3v) is 2.94. The van der Waals surface area contributed by atoms with Crippen molar-refractivity contribution in [1.82, 2.24) is 10.3 Å². The molecule has 1 aromatic carbocycles. The Morgan fingerprint density at radius 1 is 1.04 bits per heavy atom. The largest absolute Gasteiger partial charge is 0.340 e. The van der Waals surface area contributed by atoms with Crippen LogP contribution in [0.1, 0.15) is 18.7 Å². The lowest BCUT2D eigenvalue weighted by atomic mass is 10.2. The second kappa shape index (κ2) is 6.91.